The van der Waals surface area contributed by atoms with Gasteiger partial charge in [-0.05, 0) is 12.8 Å². The van der Waals surface area contributed by atoms with Crippen molar-refractivity contribution in [2.75, 3.05) is 6.54 Å². The molecule has 0 bridgehead atoms. The number of hydrogen-bond donors (Lipinski definition) is 1. The number of benzene rings is 1. The minimum absolute atomic E-state index is 0.149. The third-order valence-electron chi connectivity index (χ3n) is 3.95. The van der Waals surface area contributed by atoms with Gasteiger partial charge in [0.1, 0.15) is 5.69 Å². The lowest BCUT2D eigenvalue weighted by Gasteiger charge is -2.26. The van der Waals surface area contributed by atoms with E-state index in [4.69, 9.17) is 0 Å². The molecule has 1 fully saturated rings. The monoisotopic (exact) mass is 253 g/mol. The molecule has 0 spiro atoms. The van der Waals surface area contributed by atoms with E-state index in [1.165, 1.54) is 0 Å². The SMILES string of the molecule is O=C1c2c(-c3ccccc3)n[nH]c2CCN1C1CC1. The van der Waals surface area contributed by atoms with Crippen molar-refractivity contribution >= 4 is 5.91 Å². The lowest BCUT2D eigenvalue weighted by molar-refractivity contribution is 0.0727. The van der Waals surface area contributed by atoms with E-state index >= 15 is 0 Å². The van der Waals surface area contributed by atoms with Crippen LogP contribution in [0.25, 0.3) is 11.3 Å². The van der Waals surface area contributed by atoms with Gasteiger partial charge in [-0.25, -0.2) is 0 Å². The largest absolute Gasteiger partial charge is 0.335 e. The van der Waals surface area contributed by atoms with Crippen molar-refractivity contribution in [3.63, 3.8) is 0 Å². The van der Waals surface area contributed by atoms with Gasteiger partial charge < -0.3 is 4.90 Å². The number of hydrogen-bond acceptors (Lipinski definition) is 2. The second-order valence-corrected chi connectivity index (χ2v) is 5.27. The van der Waals surface area contributed by atoms with Crippen molar-refractivity contribution in [1.29, 1.82) is 0 Å². The van der Waals surface area contributed by atoms with Gasteiger partial charge in [0.05, 0.1) is 11.3 Å². The number of amides is 1. The second kappa shape index (κ2) is 3.95. The minimum Gasteiger partial charge on any atom is -0.335 e. The summed E-state index contributed by atoms with van der Waals surface area (Å²) in [6, 6.07) is 10.4. The number of aromatic amines is 1. The van der Waals surface area contributed by atoms with Gasteiger partial charge in [-0.1, -0.05) is 30.3 Å². The summed E-state index contributed by atoms with van der Waals surface area (Å²) < 4.78 is 0. The number of rotatable bonds is 2. The molecule has 4 rings (SSSR count). The van der Waals surface area contributed by atoms with Crippen LogP contribution in [0.5, 0.6) is 0 Å². The van der Waals surface area contributed by atoms with Crippen LogP contribution in [0.2, 0.25) is 0 Å². The predicted molar refractivity (Wildman–Crippen MR) is 71.8 cm³/mol. The van der Waals surface area contributed by atoms with Crippen LogP contribution in [0.1, 0.15) is 28.9 Å². The van der Waals surface area contributed by atoms with Gasteiger partial charge in [0, 0.05) is 24.6 Å². The van der Waals surface area contributed by atoms with E-state index < -0.39 is 0 Å². The molecule has 0 saturated heterocycles. The minimum atomic E-state index is 0.149. The molecule has 2 heterocycles. The van der Waals surface area contributed by atoms with E-state index in [2.05, 4.69) is 10.2 Å². The van der Waals surface area contributed by atoms with Gasteiger partial charge in [0.25, 0.3) is 5.91 Å². The Morgan fingerprint density at radius 1 is 1.21 bits per heavy atom. The molecule has 0 radical (unpaired) electrons. The molecule has 4 heteroatoms. The standard InChI is InChI=1S/C15H15N3O/c19-15-13-12(8-9-18(15)11-6-7-11)16-17-14(13)10-4-2-1-3-5-10/h1-5,11H,6-9H2,(H,16,17). The fraction of sp³-hybridized carbons (Fsp3) is 0.333. The molecule has 4 nitrogen and oxygen atoms in total. The van der Waals surface area contributed by atoms with Gasteiger partial charge >= 0.3 is 0 Å². The first-order chi connectivity index (χ1) is 9.34. The van der Waals surface area contributed by atoms with Crippen LogP contribution in [0.3, 0.4) is 0 Å². The predicted octanol–water partition coefficient (Wildman–Crippen LogP) is 2.24. The summed E-state index contributed by atoms with van der Waals surface area (Å²) in [5.74, 6) is 0.149. The number of carbonyl (C=O) groups is 1. The third-order valence-corrected chi connectivity index (χ3v) is 3.95. The molecule has 1 N–H and O–H groups in total. The van der Waals surface area contributed by atoms with E-state index in [0.717, 1.165) is 48.3 Å². The molecule has 1 saturated carbocycles. The first kappa shape index (κ1) is 10.8. The van der Waals surface area contributed by atoms with Crippen LogP contribution in [0, 0.1) is 0 Å². The molecule has 2 aromatic rings. The summed E-state index contributed by atoms with van der Waals surface area (Å²) in [7, 11) is 0. The number of nitrogens with one attached hydrogen (secondary N) is 1. The highest BCUT2D eigenvalue weighted by atomic mass is 16.2. The number of aromatic nitrogens is 2. The summed E-state index contributed by atoms with van der Waals surface area (Å²) in [6.45, 7) is 0.826. The fourth-order valence-corrected chi connectivity index (χ4v) is 2.81. The van der Waals surface area contributed by atoms with Gasteiger partial charge in [0.15, 0.2) is 0 Å². The average molecular weight is 253 g/mol. The maximum absolute atomic E-state index is 12.6. The lowest BCUT2D eigenvalue weighted by Crippen LogP contribution is -2.39. The molecular weight excluding hydrogens is 238 g/mol. The smallest absolute Gasteiger partial charge is 0.258 e. The summed E-state index contributed by atoms with van der Waals surface area (Å²) in [6.07, 6.45) is 3.19. The van der Waals surface area contributed by atoms with Crippen molar-refractivity contribution < 1.29 is 4.79 Å². The highest BCUT2D eigenvalue weighted by molar-refractivity contribution is 6.02. The zero-order chi connectivity index (χ0) is 12.8. The lowest BCUT2D eigenvalue weighted by atomic mass is 10.0. The molecule has 1 aliphatic carbocycles. The number of fused-ring (bicyclic) bond motifs is 1. The van der Waals surface area contributed by atoms with Crippen LogP contribution in [-0.2, 0) is 6.42 Å². The zero-order valence-corrected chi connectivity index (χ0v) is 10.6. The maximum Gasteiger partial charge on any atom is 0.258 e. The third kappa shape index (κ3) is 1.67. The number of carbonyl (C=O) groups excluding carboxylic acids is 1. The van der Waals surface area contributed by atoms with Crippen LogP contribution in [0.15, 0.2) is 30.3 Å². The Morgan fingerprint density at radius 2 is 2.00 bits per heavy atom. The highest BCUT2D eigenvalue weighted by Crippen LogP contribution is 2.34. The topological polar surface area (TPSA) is 49.0 Å². The zero-order valence-electron chi connectivity index (χ0n) is 10.6. The van der Waals surface area contributed by atoms with Crippen LogP contribution in [-0.4, -0.2) is 33.6 Å². The van der Waals surface area contributed by atoms with E-state index in [0.29, 0.717) is 6.04 Å². The molecule has 1 aromatic heterocycles. The first-order valence-electron chi connectivity index (χ1n) is 6.78. The number of nitrogens with zero attached hydrogens (tertiary/aromatic N) is 2. The van der Waals surface area contributed by atoms with Gasteiger partial charge in [-0.3, -0.25) is 9.89 Å². The normalized spacial score (nSPS) is 18.5. The molecule has 0 unspecified atom stereocenters. The summed E-state index contributed by atoms with van der Waals surface area (Å²) in [5, 5.41) is 7.40. The van der Waals surface area contributed by atoms with E-state index in [-0.39, 0.29) is 5.91 Å². The van der Waals surface area contributed by atoms with Gasteiger partial charge in [0.2, 0.25) is 0 Å². The molecule has 0 atom stereocenters. The van der Waals surface area contributed by atoms with Crippen molar-refractivity contribution in [3.05, 3.63) is 41.6 Å². The molecule has 1 aromatic carbocycles. The molecule has 2 aliphatic rings. The molecule has 1 aliphatic heterocycles. The van der Waals surface area contributed by atoms with Crippen LogP contribution < -0.4 is 0 Å². The first-order valence-corrected chi connectivity index (χ1v) is 6.78. The summed E-state index contributed by atoms with van der Waals surface area (Å²) in [4.78, 5) is 14.6. The summed E-state index contributed by atoms with van der Waals surface area (Å²) in [5.41, 5.74) is 3.57. The van der Waals surface area contributed by atoms with Crippen molar-refractivity contribution in [2.45, 2.75) is 25.3 Å². The molecule has 19 heavy (non-hydrogen) atoms. The Morgan fingerprint density at radius 3 is 2.74 bits per heavy atom. The van der Waals surface area contributed by atoms with Crippen molar-refractivity contribution in [2.24, 2.45) is 0 Å². The summed E-state index contributed by atoms with van der Waals surface area (Å²) >= 11 is 0. The van der Waals surface area contributed by atoms with Gasteiger partial charge in [-0.2, -0.15) is 5.10 Å². The Bertz CT molecular complexity index is 628. The van der Waals surface area contributed by atoms with Gasteiger partial charge in [-0.15, -0.1) is 0 Å². The van der Waals surface area contributed by atoms with Crippen LogP contribution in [0.4, 0.5) is 0 Å². The van der Waals surface area contributed by atoms with E-state index in [9.17, 15) is 4.79 Å². The Kier molecular flexibility index (Phi) is 2.24. The second-order valence-electron chi connectivity index (χ2n) is 5.27. The molecule has 1 amide bonds. The quantitative estimate of drug-likeness (QED) is 0.892. The van der Waals surface area contributed by atoms with Crippen molar-refractivity contribution in [3.8, 4) is 11.3 Å². The molecular formula is C15H15N3O. The Balaban J connectivity index is 1.80. The average Bonchev–Trinajstić information content (AvgIpc) is 3.19. The van der Waals surface area contributed by atoms with Crippen molar-refractivity contribution in [1.82, 2.24) is 15.1 Å². The fourth-order valence-electron chi connectivity index (χ4n) is 2.81. The Labute approximate surface area is 111 Å². The Hall–Kier alpha value is -2.10. The molecule has 96 valence electrons. The van der Waals surface area contributed by atoms with E-state index in [1.807, 2.05) is 35.2 Å². The van der Waals surface area contributed by atoms with Crippen LogP contribution >= 0.6 is 0 Å². The maximum atomic E-state index is 12.6. The number of H-pyrrole nitrogens is 1. The van der Waals surface area contributed by atoms with E-state index in [1.54, 1.807) is 0 Å². The highest BCUT2D eigenvalue weighted by Gasteiger charge is 2.38.